The van der Waals surface area contributed by atoms with E-state index in [2.05, 4.69) is 20.8 Å². The lowest BCUT2D eigenvalue weighted by atomic mass is 9.99. The van der Waals surface area contributed by atoms with E-state index in [4.69, 9.17) is 14.2 Å². The number of para-hydroxylation sites is 1. The Hall–Kier alpha value is -2.49. The Morgan fingerprint density at radius 3 is 2.12 bits per heavy atom. The minimum absolute atomic E-state index is 0.237. The molecule has 0 fully saturated rings. The van der Waals surface area contributed by atoms with Gasteiger partial charge in [-0.1, -0.05) is 83.9 Å². The standard InChI is InChI=1S/C28H40O4/c1-4-5-6-7-8-9-10-14-19-32-28(29)24-17-18-27(26(22-24)23(2)3)31-21-20-30-25-15-12-11-13-16-25/h11-13,15-18,22-23H,4-10,14,19-21H2,1-3H3. The molecule has 2 aromatic carbocycles. The van der Waals surface area contributed by atoms with Crippen LogP contribution in [0.4, 0.5) is 0 Å². The summed E-state index contributed by atoms with van der Waals surface area (Å²) in [7, 11) is 0. The molecule has 0 aromatic heterocycles. The van der Waals surface area contributed by atoms with Crippen molar-refractivity contribution in [1.29, 1.82) is 0 Å². The molecule has 0 radical (unpaired) electrons. The number of carbonyl (C=O) groups excluding carboxylic acids is 1. The Morgan fingerprint density at radius 1 is 0.781 bits per heavy atom. The van der Waals surface area contributed by atoms with Gasteiger partial charge in [-0.25, -0.2) is 4.79 Å². The molecule has 2 aromatic rings. The van der Waals surface area contributed by atoms with Crippen molar-refractivity contribution in [1.82, 2.24) is 0 Å². The van der Waals surface area contributed by atoms with Gasteiger partial charge in [0.15, 0.2) is 0 Å². The maximum Gasteiger partial charge on any atom is 0.338 e. The minimum atomic E-state index is -0.256. The SMILES string of the molecule is CCCCCCCCCCOC(=O)c1ccc(OCCOc2ccccc2)c(C(C)C)c1. The highest BCUT2D eigenvalue weighted by Gasteiger charge is 2.14. The molecule has 0 saturated heterocycles. The first-order chi connectivity index (χ1) is 15.6. The number of rotatable bonds is 16. The predicted octanol–water partition coefficient (Wildman–Crippen LogP) is 7.57. The first kappa shape index (κ1) is 25.8. The zero-order valence-corrected chi connectivity index (χ0v) is 20.1. The number of hydrogen-bond acceptors (Lipinski definition) is 4. The molecule has 0 heterocycles. The van der Waals surface area contributed by atoms with Gasteiger partial charge in [-0.2, -0.15) is 0 Å². The van der Waals surface area contributed by atoms with Gasteiger partial charge >= 0.3 is 5.97 Å². The number of carbonyl (C=O) groups is 1. The Balaban J connectivity index is 1.73. The minimum Gasteiger partial charge on any atom is -0.490 e. The fourth-order valence-corrected chi connectivity index (χ4v) is 3.57. The molecule has 0 N–H and O–H groups in total. The molecule has 0 spiro atoms. The van der Waals surface area contributed by atoms with Gasteiger partial charge in [0, 0.05) is 0 Å². The van der Waals surface area contributed by atoms with Crippen molar-refractivity contribution in [2.45, 2.75) is 78.1 Å². The van der Waals surface area contributed by atoms with Crippen molar-refractivity contribution in [2.75, 3.05) is 19.8 Å². The second kappa shape index (κ2) is 15.3. The number of esters is 1. The summed E-state index contributed by atoms with van der Waals surface area (Å²) in [5, 5.41) is 0. The molecule has 0 atom stereocenters. The maximum atomic E-state index is 12.5. The van der Waals surface area contributed by atoms with Crippen molar-refractivity contribution in [3.05, 3.63) is 59.7 Å². The highest BCUT2D eigenvalue weighted by atomic mass is 16.5. The summed E-state index contributed by atoms with van der Waals surface area (Å²) >= 11 is 0. The van der Waals surface area contributed by atoms with Crippen LogP contribution in [0.1, 0.15) is 94.0 Å². The molecular weight excluding hydrogens is 400 g/mol. The Bertz CT molecular complexity index is 770. The number of benzene rings is 2. The molecule has 2 rings (SSSR count). The van der Waals surface area contributed by atoms with E-state index in [-0.39, 0.29) is 11.9 Å². The molecule has 0 aliphatic heterocycles. The Kier molecular flexibility index (Phi) is 12.3. The summed E-state index contributed by atoms with van der Waals surface area (Å²) in [6.45, 7) is 7.82. The van der Waals surface area contributed by atoms with Gasteiger partial charge < -0.3 is 14.2 Å². The highest BCUT2D eigenvalue weighted by Crippen LogP contribution is 2.28. The van der Waals surface area contributed by atoms with Crippen LogP contribution >= 0.6 is 0 Å². The van der Waals surface area contributed by atoms with E-state index in [0.717, 1.165) is 29.9 Å². The fourth-order valence-electron chi connectivity index (χ4n) is 3.57. The summed E-state index contributed by atoms with van der Waals surface area (Å²) in [4.78, 5) is 12.5. The Morgan fingerprint density at radius 2 is 1.44 bits per heavy atom. The van der Waals surface area contributed by atoms with Gasteiger partial charge in [0.2, 0.25) is 0 Å². The molecule has 0 aliphatic rings. The van der Waals surface area contributed by atoms with Gasteiger partial charge in [0.1, 0.15) is 24.7 Å². The average molecular weight is 441 g/mol. The summed E-state index contributed by atoms with van der Waals surface area (Å²) in [5.41, 5.74) is 1.59. The molecule has 4 nitrogen and oxygen atoms in total. The fraction of sp³-hybridized carbons (Fsp3) is 0.536. The molecule has 0 saturated carbocycles. The van der Waals surface area contributed by atoms with Gasteiger partial charge in [0.05, 0.1) is 12.2 Å². The first-order valence-electron chi connectivity index (χ1n) is 12.2. The van der Waals surface area contributed by atoms with Crippen LogP contribution in [0, 0.1) is 0 Å². The second-order valence-electron chi connectivity index (χ2n) is 8.53. The Labute approximate surface area is 194 Å². The smallest absolute Gasteiger partial charge is 0.338 e. The van der Waals surface area contributed by atoms with Crippen LogP contribution in [0.15, 0.2) is 48.5 Å². The van der Waals surface area contributed by atoms with Crippen molar-refractivity contribution < 1.29 is 19.0 Å². The zero-order valence-electron chi connectivity index (χ0n) is 20.1. The lowest BCUT2D eigenvalue weighted by Crippen LogP contribution is -2.11. The van der Waals surface area contributed by atoms with Crippen molar-refractivity contribution in [3.63, 3.8) is 0 Å². The summed E-state index contributed by atoms with van der Waals surface area (Å²) in [6.07, 6.45) is 9.82. The predicted molar refractivity (Wildman–Crippen MR) is 131 cm³/mol. The molecule has 32 heavy (non-hydrogen) atoms. The van der Waals surface area contributed by atoms with E-state index in [1.54, 1.807) is 6.07 Å². The normalized spacial score (nSPS) is 10.9. The van der Waals surface area contributed by atoms with Crippen molar-refractivity contribution >= 4 is 5.97 Å². The van der Waals surface area contributed by atoms with Crippen LogP contribution in [-0.4, -0.2) is 25.8 Å². The molecule has 0 amide bonds. The number of hydrogen-bond donors (Lipinski definition) is 0. The van der Waals surface area contributed by atoms with E-state index in [0.29, 0.717) is 25.4 Å². The van der Waals surface area contributed by atoms with Gasteiger partial charge in [-0.15, -0.1) is 0 Å². The summed E-state index contributed by atoms with van der Waals surface area (Å²) < 4.78 is 17.1. The molecule has 176 valence electrons. The molecule has 0 aliphatic carbocycles. The van der Waals surface area contributed by atoms with Gasteiger partial charge in [-0.05, 0) is 48.2 Å². The molecule has 0 unspecified atom stereocenters. The van der Waals surface area contributed by atoms with Crippen LogP contribution < -0.4 is 9.47 Å². The van der Waals surface area contributed by atoms with Gasteiger partial charge in [-0.3, -0.25) is 0 Å². The van der Waals surface area contributed by atoms with E-state index >= 15 is 0 Å². The monoisotopic (exact) mass is 440 g/mol. The van der Waals surface area contributed by atoms with E-state index in [1.165, 1.54) is 38.5 Å². The lowest BCUT2D eigenvalue weighted by molar-refractivity contribution is 0.0497. The van der Waals surface area contributed by atoms with Crippen molar-refractivity contribution in [3.8, 4) is 11.5 Å². The lowest BCUT2D eigenvalue weighted by Gasteiger charge is -2.16. The highest BCUT2D eigenvalue weighted by molar-refractivity contribution is 5.90. The van der Waals surface area contributed by atoms with Crippen LogP contribution in [-0.2, 0) is 4.74 Å². The average Bonchev–Trinajstić information content (AvgIpc) is 2.81. The van der Waals surface area contributed by atoms with E-state index in [9.17, 15) is 4.79 Å². The third kappa shape index (κ3) is 9.76. The molecule has 4 heteroatoms. The summed E-state index contributed by atoms with van der Waals surface area (Å²) in [5.74, 6) is 1.60. The first-order valence-corrected chi connectivity index (χ1v) is 12.2. The number of ether oxygens (including phenoxy) is 3. The van der Waals surface area contributed by atoms with Crippen molar-refractivity contribution in [2.24, 2.45) is 0 Å². The quantitative estimate of drug-likeness (QED) is 0.199. The van der Waals surface area contributed by atoms with E-state index < -0.39 is 0 Å². The molecule has 0 bridgehead atoms. The number of unbranched alkanes of at least 4 members (excludes halogenated alkanes) is 7. The topological polar surface area (TPSA) is 44.8 Å². The van der Waals surface area contributed by atoms with Gasteiger partial charge in [0.25, 0.3) is 0 Å². The van der Waals surface area contributed by atoms with Crippen LogP contribution in [0.25, 0.3) is 0 Å². The van der Waals surface area contributed by atoms with Crippen LogP contribution in [0.2, 0.25) is 0 Å². The third-order valence-corrected chi connectivity index (χ3v) is 5.45. The summed E-state index contributed by atoms with van der Waals surface area (Å²) in [6, 6.07) is 15.2. The van der Waals surface area contributed by atoms with E-state index in [1.807, 2.05) is 42.5 Å². The molecular formula is C28H40O4. The zero-order chi connectivity index (χ0) is 23.0. The van der Waals surface area contributed by atoms with Crippen LogP contribution in [0.5, 0.6) is 11.5 Å². The largest absolute Gasteiger partial charge is 0.490 e. The third-order valence-electron chi connectivity index (χ3n) is 5.45. The maximum absolute atomic E-state index is 12.5. The van der Waals surface area contributed by atoms with Crippen LogP contribution in [0.3, 0.4) is 0 Å². The second-order valence-corrected chi connectivity index (χ2v) is 8.53.